The van der Waals surface area contributed by atoms with E-state index in [1.165, 1.54) is 11.1 Å². The quantitative estimate of drug-likeness (QED) is 0.265. The van der Waals surface area contributed by atoms with Gasteiger partial charge in [0.15, 0.2) is 0 Å². The van der Waals surface area contributed by atoms with E-state index in [-0.39, 0.29) is 0 Å². The number of rotatable bonds is 2. The van der Waals surface area contributed by atoms with E-state index in [0.717, 1.165) is 66.3 Å². The van der Waals surface area contributed by atoms with Crippen molar-refractivity contribution in [1.29, 1.82) is 0 Å². The van der Waals surface area contributed by atoms with E-state index < -0.39 is 0 Å². The molecule has 0 spiro atoms. The van der Waals surface area contributed by atoms with Gasteiger partial charge < -0.3 is 4.42 Å². The summed E-state index contributed by atoms with van der Waals surface area (Å²) in [4.78, 5) is 9.91. The third-order valence-electron chi connectivity index (χ3n) is 6.77. The fourth-order valence-corrected chi connectivity index (χ4v) is 5.01. The molecule has 0 radical (unpaired) electrons. The molecule has 0 unspecified atom stereocenters. The third-order valence-corrected chi connectivity index (χ3v) is 6.77. The number of fused-ring (bicyclic) bond motifs is 5. The van der Waals surface area contributed by atoms with Gasteiger partial charge >= 0.3 is 0 Å². The molecule has 0 saturated carbocycles. The number of para-hydroxylation sites is 2. The molecule has 3 aromatic heterocycles. The van der Waals surface area contributed by atoms with Crippen LogP contribution in [0.1, 0.15) is 11.1 Å². The van der Waals surface area contributed by atoms with Crippen molar-refractivity contribution in [2.75, 3.05) is 0 Å². The first-order chi connectivity index (χ1) is 17.1. The van der Waals surface area contributed by atoms with Crippen LogP contribution in [0, 0.1) is 13.8 Å². The highest BCUT2D eigenvalue weighted by Crippen LogP contribution is 2.39. The number of aromatic nitrogens is 2. The Bertz CT molecular complexity index is 1790. The third kappa shape index (κ3) is 3.20. The highest BCUT2D eigenvalue weighted by atomic mass is 16.3. The summed E-state index contributed by atoms with van der Waals surface area (Å²) in [6.07, 6.45) is 0. The number of nitrogens with zero attached hydrogens (tertiary/aromatic N) is 2. The van der Waals surface area contributed by atoms with Gasteiger partial charge in [-0.05, 0) is 62.4 Å². The van der Waals surface area contributed by atoms with Crippen LogP contribution < -0.4 is 0 Å². The average Bonchev–Trinajstić information content (AvgIpc) is 3.27. The fraction of sp³-hybridized carbons (Fsp3) is 0.0625. The van der Waals surface area contributed by atoms with Gasteiger partial charge in [-0.15, -0.1) is 0 Å². The molecule has 0 aliphatic carbocycles. The molecule has 0 bridgehead atoms. The largest absolute Gasteiger partial charge is 0.455 e. The van der Waals surface area contributed by atoms with Crippen molar-refractivity contribution in [3.8, 4) is 22.5 Å². The standard InChI is InChI=1S/C32H22N2O/c1-19-9-13-27-21(17-19)11-15-29(33-27)25-7-3-5-23-24-6-4-8-26(32(24)35-31(23)25)30-16-12-22-18-20(2)10-14-28(22)34-30/h3-18H,1-2H3. The Morgan fingerprint density at radius 2 is 1.00 bits per heavy atom. The normalized spacial score (nSPS) is 11.7. The fourth-order valence-electron chi connectivity index (χ4n) is 5.01. The lowest BCUT2D eigenvalue weighted by Gasteiger charge is -2.05. The molecule has 0 aliphatic rings. The van der Waals surface area contributed by atoms with E-state index in [1.807, 2.05) is 0 Å². The van der Waals surface area contributed by atoms with Gasteiger partial charge in [0.05, 0.1) is 22.4 Å². The minimum absolute atomic E-state index is 0.852. The molecule has 4 aromatic carbocycles. The van der Waals surface area contributed by atoms with Gasteiger partial charge in [-0.1, -0.05) is 59.7 Å². The van der Waals surface area contributed by atoms with E-state index in [0.29, 0.717) is 0 Å². The Kier molecular flexibility index (Phi) is 4.27. The Labute approximate surface area is 202 Å². The van der Waals surface area contributed by atoms with E-state index >= 15 is 0 Å². The zero-order valence-corrected chi connectivity index (χ0v) is 19.5. The van der Waals surface area contributed by atoms with Gasteiger partial charge in [0.25, 0.3) is 0 Å². The lowest BCUT2D eigenvalue weighted by Crippen LogP contribution is -1.86. The molecule has 3 nitrogen and oxygen atoms in total. The molecule has 3 heteroatoms. The number of hydrogen-bond acceptors (Lipinski definition) is 3. The first kappa shape index (κ1) is 19.9. The summed E-state index contributed by atoms with van der Waals surface area (Å²) in [6.45, 7) is 4.21. The van der Waals surface area contributed by atoms with E-state index in [2.05, 4.69) is 111 Å². The van der Waals surface area contributed by atoms with Gasteiger partial charge in [0.1, 0.15) is 11.2 Å². The molecule has 0 N–H and O–H groups in total. The number of benzene rings is 4. The number of furan rings is 1. The van der Waals surface area contributed by atoms with Crippen molar-refractivity contribution in [2.45, 2.75) is 13.8 Å². The lowest BCUT2D eigenvalue weighted by atomic mass is 10.0. The van der Waals surface area contributed by atoms with E-state index in [4.69, 9.17) is 14.4 Å². The lowest BCUT2D eigenvalue weighted by molar-refractivity contribution is 0.670. The maximum Gasteiger partial charge on any atom is 0.144 e. The van der Waals surface area contributed by atoms with Crippen molar-refractivity contribution < 1.29 is 4.42 Å². The smallest absolute Gasteiger partial charge is 0.144 e. The Balaban J connectivity index is 1.44. The summed E-state index contributed by atoms with van der Waals surface area (Å²) in [5, 5.41) is 4.46. The van der Waals surface area contributed by atoms with Crippen LogP contribution in [0.4, 0.5) is 0 Å². The highest BCUT2D eigenvalue weighted by molar-refractivity contribution is 6.12. The minimum Gasteiger partial charge on any atom is -0.455 e. The monoisotopic (exact) mass is 450 g/mol. The summed E-state index contributed by atoms with van der Waals surface area (Å²) in [6, 6.07) is 33.7. The molecule has 0 amide bonds. The predicted octanol–water partition coefficient (Wildman–Crippen LogP) is 8.63. The highest BCUT2D eigenvalue weighted by Gasteiger charge is 2.17. The van der Waals surface area contributed by atoms with Crippen LogP contribution in [-0.2, 0) is 0 Å². The first-order valence-corrected chi connectivity index (χ1v) is 11.8. The maximum absolute atomic E-state index is 6.61. The van der Waals surface area contributed by atoms with Crippen molar-refractivity contribution in [3.63, 3.8) is 0 Å². The predicted molar refractivity (Wildman–Crippen MR) is 145 cm³/mol. The molecule has 0 fully saturated rings. The van der Waals surface area contributed by atoms with Gasteiger partial charge in [-0.2, -0.15) is 0 Å². The summed E-state index contributed by atoms with van der Waals surface area (Å²) < 4.78 is 6.61. The van der Waals surface area contributed by atoms with Crippen LogP contribution in [0.3, 0.4) is 0 Å². The molecule has 0 atom stereocenters. The van der Waals surface area contributed by atoms with Gasteiger partial charge in [-0.25, -0.2) is 9.97 Å². The second-order valence-corrected chi connectivity index (χ2v) is 9.25. The summed E-state index contributed by atoms with van der Waals surface area (Å²) >= 11 is 0. The first-order valence-electron chi connectivity index (χ1n) is 11.8. The van der Waals surface area contributed by atoms with Crippen molar-refractivity contribution >= 4 is 43.7 Å². The SMILES string of the molecule is Cc1ccc2nc(-c3cccc4c3oc3c(-c5ccc6cc(C)ccc6n5)cccc34)ccc2c1. The molecule has 0 aliphatic heterocycles. The minimum atomic E-state index is 0.852. The Morgan fingerprint density at radius 3 is 1.49 bits per heavy atom. The molecule has 7 aromatic rings. The zero-order valence-electron chi connectivity index (χ0n) is 19.5. The van der Waals surface area contributed by atoms with Crippen LogP contribution in [0.25, 0.3) is 66.3 Å². The van der Waals surface area contributed by atoms with Gasteiger partial charge in [0, 0.05) is 32.7 Å². The zero-order chi connectivity index (χ0) is 23.5. The van der Waals surface area contributed by atoms with Gasteiger partial charge in [-0.3, -0.25) is 0 Å². The van der Waals surface area contributed by atoms with Crippen LogP contribution in [-0.4, -0.2) is 9.97 Å². The van der Waals surface area contributed by atoms with E-state index in [1.54, 1.807) is 0 Å². The topological polar surface area (TPSA) is 38.9 Å². The van der Waals surface area contributed by atoms with Crippen LogP contribution >= 0.6 is 0 Å². The summed E-state index contributed by atoms with van der Waals surface area (Å²) in [5.41, 5.74) is 9.94. The van der Waals surface area contributed by atoms with Crippen LogP contribution in [0.5, 0.6) is 0 Å². The Hall–Kier alpha value is -4.50. The molecule has 7 rings (SSSR count). The molecule has 0 saturated heterocycles. The molecular weight excluding hydrogens is 428 g/mol. The van der Waals surface area contributed by atoms with Crippen molar-refractivity contribution in [2.24, 2.45) is 0 Å². The summed E-state index contributed by atoms with van der Waals surface area (Å²) in [5.74, 6) is 0. The van der Waals surface area contributed by atoms with Gasteiger partial charge in [0.2, 0.25) is 0 Å². The number of hydrogen-bond donors (Lipinski definition) is 0. The molecular formula is C32H22N2O. The Morgan fingerprint density at radius 1 is 0.514 bits per heavy atom. The van der Waals surface area contributed by atoms with Crippen molar-refractivity contribution in [1.82, 2.24) is 9.97 Å². The molecule has 166 valence electrons. The van der Waals surface area contributed by atoms with E-state index in [9.17, 15) is 0 Å². The molecule has 35 heavy (non-hydrogen) atoms. The summed E-state index contributed by atoms with van der Waals surface area (Å²) in [7, 11) is 0. The second kappa shape index (κ2) is 7.51. The average molecular weight is 451 g/mol. The maximum atomic E-state index is 6.61. The number of pyridine rings is 2. The van der Waals surface area contributed by atoms with Crippen molar-refractivity contribution in [3.05, 3.63) is 108 Å². The van der Waals surface area contributed by atoms with Crippen LogP contribution in [0.2, 0.25) is 0 Å². The number of aryl methyl sites for hydroxylation is 2. The van der Waals surface area contributed by atoms with Crippen LogP contribution in [0.15, 0.2) is 101 Å². The molecule has 3 heterocycles. The second-order valence-electron chi connectivity index (χ2n) is 9.25.